The average Bonchev–Trinajstić information content (AvgIpc) is 2.28. The van der Waals surface area contributed by atoms with Gasteiger partial charge in [-0.15, -0.1) is 11.8 Å². The van der Waals surface area contributed by atoms with E-state index in [-0.39, 0.29) is 11.7 Å². The summed E-state index contributed by atoms with van der Waals surface area (Å²) >= 11 is 7.62. The highest BCUT2D eigenvalue weighted by Gasteiger charge is 2.22. The van der Waals surface area contributed by atoms with Crippen LogP contribution in [-0.2, 0) is 0 Å². The quantitative estimate of drug-likeness (QED) is 0.672. The molecule has 74 valence electrons. The molecule has 1 unspecified atom stereocenters. The van der Waals surface area contributed by atoms with E-state index in [4.69, 9.17) is 11.6 Å². The zero-order valence-electron chi connectivity index (χ0n) is 7.92. The molecule has 1 atom stereocenters. The van der Waals surface area contributed by atoms with Crippen LogP contribution in [0.4, 0.5) is 0 Å². The fraction of sp³-hybridized carbons (Fsp3) is 0.364. The summed E-state index contributed by atoms with van der Waals surface area (Å²) in [6.07, 6.45) is 0.954. The predicted octanol–water partition coefficient (Wildman–Crippen LogP) is 3.65. The molecule has 0 saturated heterocycles. The molecule has 0 aliphatic carbocycles. The van der Waals surface area contributed by atoms with Gasteiger partial charge in [-0.3, -0.25) is 4.79 Å². The summed E-state index contributed by atoms with van der Waals surface area (Å²) in [4.78, 5) is 12.9. The Morgan fingerprint density at radius 3 is 3.07 bits per heavy atom. The SMILES string of the molecule is CC1CCSc2cc(Cl)ccc2C1=O. The molecule has 14 heavy (non-hydrogen) atoms. The highest BCUT2D eigenvalue weighted by molar-refractivity contribution is 7.99. The molecule has 0 N–H and O–H groups in total. The molecule has 1 heterocycles. The molecule has 0 aromatic heterocycles. The number of ketones is 1. The molecule has 1 aliphatic heterocycles. The van der Waals surface area contributed by atoms with E-state index in [1.165, 1.54) is 0 Å². The number of Topliss-reactive ketones (excluding diaryl/α,β-unsaturated/α-hetero) is 1. The number of benzene rings is 1. The Morgan fingerprint density at radius 2 is 2.29 bits per heavy atom. The average molecular weight is 227 g/mol. The molecule has 0 spiro atoms. The minimum absolute atomic E-state index is 0.143. The van der Waals surface area contributed by atoms with Crippen molar-refractivity contribution in [1.29, 1.82) is 0 Å². The van der Waals surface area contributed by atoms with E-state index in [0.29, 0.717) is 5.02 Å². The van der Waals surface area contributed by atoms with Crippen molar-refractivity contribution in [3.8, 4) is 0 Å². The third-order valence-electron chi connectivity index (χ3n) is 2.47. The third kappa shape index (κ3) is 1.82. The predicted molar refractivity (Wildman–Crippen MR) is 60.3 cm³/mol. The fourth-order valence-electron chi connectivity index (χ4n) is 1.56. The number of fused-ring (bicyclic) bond motifs is 1. The van der Waals surface area contributed by atoms with Crippen LogP contribution in [0.15, 0.2) is 23.1 Å². The van der Waals surface area contributed by atoms with Gasteiger partial charge in [-0.25, -0.2) is 0 Å². The Morgan fingerprint density at radius 1 is 1.50 bits per heavy atom. The molecule has 2 rings (SSSR count). The normalized spacial score (nSPS) is 21.6. The maximum atomic E-state index is 11.9. The van der Waals surface area contributed by atoms with Crippen molar-refractivity contribution < 1.29 is 4.79 Å². The van der Waals surface area contributed by atoms with Gasteiger partial charge in [0.15, 0.2) is 5.78 Å². The zero-order chi connectivity index (χ0) is 10.1. The molecule has 1 nitrogen and oxygen atoms in total. The number of hydrogen-bond acceptors (Lipinski definition) is 2. The van der Waals surface area contributed by atoms with Crippen LogP contribution in [0.5, 0.6) is 0 Å². The number of hydrogen-bond donors (Lipinski definition) is 0. The van der Waals surface area contributed by atoms with Crippen molar-refractivity contribution >= 4 is 29.1 Å². The van der Waals surface area contributed by atoms with E-state index >= 15 is 0 Å². The maximum Gasteiger partial charge on any atom is 0.166 e. The van der Waals surface area contributed by atoms with Gasteiger partial charge in [-0.05, 0) is 30.4 Å². The second kappa shape index (κ2) is 3.95. The van der Waals surface area contributed by atoms with Gasteiger partial charge in [0.2, 0.25) is 0 Å². The van der Waals surface area contributed by atoms with Gasteiger partial charge >= 0.3 is 0 Å². The van der Waals surface area contributed by atoms with Crippen molar-refractivity contribution in [2.24, 2.45) is 5.92 Å². The van der Waals surface area contributed by atoms with Crippen LogP contribution in [0, 0.1) is 5.92 Å². The summed E-state index contributed by atoms with van der Waals surface area (Å²) in [7, 11) is 0. The van der Waals surface area contributed by atoms with E-state index in [9.17, 15) is 4.79 Å². The number of carbonyl (C=O) groups is 1. The van der Waals surface area contributed by atoms with Gasteiger partial charge in [-0.2, -0.15) is 0 Å². The van der Waals surface area contributed by atoms with E-state index in [0.717, 1.165) is 22.6 Å². The van der Waals surface area contributed by atoms with E-state index in [1.807, 2.05) is 19.1 Å². The number of carbonyl (C=O) groups excluding carboxylic acids is 1. The van der Waals surface area contributed by atoms with E-state index in [2.05, 4.69) is 0 Å². The summed E-state index contributed by atoms with van der Waals surface area (Å²) < 4.78 is 0. The molecule has 1 aliphatic rings. The smallest absolute Gasteiger partial charge is 0.166 e. The van der Waals surface area contributed by atoms with Gasteiger partial charge in [0.25, 0.3) is 0 Å². The summed E-state index contributed by atoms with van der Waals surface area (Å²) in [5.74, 6) is 1.40. The number of thioether (sulfide) groups is 1. The Bertz CT molecular complexity index is 376. The topological polar surface area (TPSA) is 17.1 Å². The molecule has 0 amide bonds. The Kier molecular flexibility index (Phi) is 2.84. The first-order chi connectivity index (χ1) is 6.68. The molecule has 1 aromatic carbocycles. The lowest BCUT2D eigenvalue weighted by atomic mass is 9.97. The van der Waals surface area contributed by atoms with Gasteiger partial charge < -0.3 is 0 Å². The standard InChI is InChI=1S/C11H11ClOS/c1-7-4-5-14-10-6-8(12)2-3-9(10)11(7)13/h2-3,6-7H,4-5H2,1H3. The van der Waals surface area contributed by atoms with Crippen LogP contribution in [0.3, 0.4) is 0 Å². The van der Waals surface area contributed by atoms with Gasteiger partial charge in [0, 0.05) is 21.4 Å². The Hall–Kier alpha value is -0.470. The van der Waals surface area contributed by atoms with Crippen molar-refractivity contribution in [3.05, 3.63) is 28.8 Å². The molecule has 0 fully saturated rings. The minimum Gasteiger partial charge on any atom is -0.294 e. The Balaban J connectivity index is 2.48. The fourth-order valence-corrected chi connectivity index (χ4v) is 3.02. The first-order valence-corrected chi connectivity index (χ1v) is 6.01. The molecule has 0 saturated carbocycles. The lowest BCUT2D eigenvalue weighted by molar-refractivity contribution is 0.0926. The second-order valence-corrected chi connectivity index (χ2v) is 5.12. The first kappa shape index (κ1) is 10.1. The molecule has 1 aromatic rings. The monoisotopic (exact) mass is 226 g/mol. The van der Waals surface area contributed by atoms with Crippen LogP contribution >= 0.6 is 23.4 Å². The lowest BCUT2D eigenvalue weighted by Crippen LogP contribution is -2.10. The maximum absolute atomic E-state index is 11.9. The summed E-state index contributed by atoms with van der Waals surface area (Å²) in [5, 5.41) is 0.707. The highest BCUT2D eigenvalue weighted by Crippen LogP contribution is 2.32. The third-order valence-corrected chi connectivity index (χ3v) is 3.79. The summed E-state index contributed by atoms with van der Waals surface area (Å²) in [6, 6.07) is 5.52. The molecule has 3 heteroatoms. The van der Waals surface area contributed by atoms with Gasteiger partial charge in [-0.1, -0.05) is 18.5 Å². The first-order valence-electron chi connectivity index (χ1n) is 4.65. The van der Waals surface area contributed by atoms with Crippen LogP contribution < -0.4 is 0 Å². The zero-order valence-corrected chi connectivity index (χ0v) is 9.49. The molecule has 0 bridgehead atoms. The molecular weight excluding hydrogens is 216 g/mol. The van der Waals surface area contributed by atoms with Gasteiger partial charge in [0.05, 0.1) is 0 Å². The van der Waals surface area contributed by atoms with E-state index < -0.39 is 0 Å². The number of halogens is 1. The Labute approximate surface area is 92.8 Å². The molecular formula is C11H11ClOS. The van der Waals surface area contributed by atoms with Crippen molar-refractivity contribution in [2.75, 3.05) is 5.75 Å². The van der Waals surface area contributed by atoms with Crippen LogP contribution in [0.1, 0.15) is 23.7 Å². The van der Waals surface area contributed by atoms with Crippen LogP contribution in [-0.4, -0.2) is 11.5 Å². The number of rotatable bonds is 0. The summed E-state index contributed by atoms with van der Waals surface area (Å²) in [6.45, 7) is 1.99. The van der Waals surface area contributed by atoms with E-state index in [1.54, 1.807) is 17.8 Å². The summed E-state index contributed by atoms with van der Waals surface area (Å²) in [5.41, 5.74) is 0.837. The van der Waals surface area contributed by atoms with Crippen LogP contribution in [0.2, 0.25) is 5.02 Å². The minimum atomic E-state index is 0.143. The second-order valence-electron chi connectivity index (χ2n) is 3.54. The molecule has 0 radical (unpaired) electrons. The highest BCUT2D eigenvalue weighted by atomic mass is 35.5. The largest absolute Gasteiger partial charge is 0.294 e. The lowest BCUT2D eigenvalue weighted by Gasteiger charge is -2.06. The van der Waals surface area contributed by atoms with Crippen LogP contribution in [0.25, 0.3) is 0 Å². The van der Waals surface area contributed by atoms with Gasteiger partial charge in [0.1, 0.15) is 0 Å². The van der Waals surface area contributed by atoms with Crippen molar-refractivity contribution in [3.63, 3.8) is 0 Å². The van der Waals surface area contributed by atoms with Crippen molar-refractivity contribution in [2.45, 2.75) is 18.2 Å². The van der Waals surface area contributed by atoms with Crippen molar-refractivity contribution in [1.82, 2.24) is 0 Å².